The molecule has 1 heterocycles. The van der Waals surface area contributed by atoms with E-state index >= 15 is 0 Å². The van der Waals surface area contributed by atoms with E-state index in [4.69, 9.17) is 9.47 Å². The van der Waals surface area contributed by atoms with E-state index in [0.29, 0.717) is 12.8 Å². The zero-order valence-corrected chi connectivity index (χ0v) is 47.8. The van der Waals surface area contributed by atoms with Crippen molar-refractivity contribution < 1.29 is 44.9 Å². The predicted molar refractivity (Wildman–Crippen MR) is 306 cm³/mol. The van der Waals surface area contributed by atoms with Crippen molar-refractivity contribution in [3.8, 4) is 0 Å². The van der Waals surface area contributed by atoms with E-state index in [2.05, 4.69) is 43.5 Å². The summed E-state index contributed by atoms with van der Waals surface area (Å²) in [5, 5.41) is 65.2. The summed E-state index contributed by atoms with van der Waals surface area (Å²) in [5.41, 5.74) is 0. The summed E-state index contributed by atoms with van der Waals surface area (Å²) in [7, 11) is 0. The van der Waals surface area contributed by atoms with Crippen LogP contribution >= 0.6 is 0 Å². The molecule has 1 aliphatic heterocycles. The molecule has 0 bridgehead atoms. The van der Waals surface area contributed by atoms with Gasteiger partial charge in [-0.05, 0) is 44.9 Å². The van der Waals surface area contributed by atoms with Gasteiger partial charge in [-0.25, -0.2) is 0 Å². The molecule has 1 fully saturated rings. The van der Waals surface area contributed by atoms with Crippen molar-refractivity contribution >= 4 is 5.91 Å². The highest BCUT2D eigenvalue weighted by Gasteiger charge is 2.44. The minimum Gasteiger partial charge on any atom is -0.394 e. The van der Waals surface area contributed by atoms with Crippen LogP contribution < -0.4 is 5.32 Å². The molecule has 0 spiro atoms. The number of unbranched alkanes of at least 4 members (excludes halogenated alkanes) is 40. The maximum atomic E-state index is 13.2. The van der Waals surface area contributed by atoms with Crippen molar-refractivity contribution in [2.45, 2.75) is 358 Å². The largest absolute Gasteiger partial charge is 0.394 e. The first kappa shape index (κ1) is 69.6. The van der Waals surface area contributed by atoms with Crippen LogP contribution in [0.4, 0.5) is 0 Å². The molecule has 0 radical (unpaired) electrons. The number of aliphatic hydroxyl groups is 6. The zero-order chi connectivity index (χ0) is 53.1. The van der Waals surface area contributed by atoms with E-state index in [9.17, 15) is 35.4 Å². The van der Waals surface area contributed by atoms with Gasteiger partial charge in [0, 0.05) is 0 Å². The summed E-state index contributed by atoms with van der Waals surface area (Å²) >= 11 is 0. The van der Waals surface area contributed by atoms with E-state index in [1.54, 1.807) is 0 Å². The molecular formula is C63H121NO9. The standard InChI is InChI=1S/C63H121NO9/c1-3-5-7-9-11-13-15-17-19-20-21-22-23-24-25-26-27-28-29-30-31-32-33-34-35-36-37-38-40-42-44-46-48-50-52-57(67)62(71)64-55(54-72-63-61(70)60(69)59(68)58(53-65)73-63)56(66)51-49-47-45-43-41-39-18-16-14-12-10-8-6-4-2/h23-24,26-27,55-61,63,65-70H,3-22,25,28-54H2,1-2H3,(H,64,71)/b24-23-,27-26-. The lowest BCUT2D eigenvalue weighted by Gasteiger charge is -2.40. The molecule has 432 valence electrons. The van der Waals surface area contributed by atoms with Crippen LogP contribution in [0.5, 0.6) is 0 Å². The molecule has 1 saturated heterocycles. The molecule has 1 rings (SSSR count). The lowest BCUT2D eigenvalue weighted by Crippen LogP contribution is -2.60. The third-order valence-electron chi connectivity index (χ3n) is 15.4. The van der Waals surface area contributed by atoms with Crippen molar-refractivity contribution in [2.75, 3.05) is 13.2 Å². The zero-order valence-electron chi connectivity index (χ0n) is 47.8. The number of hydrogen-bond donors (Lipinski definition) is 7. The number of carbonyl (C=O) groups excluding carboxylic acids is 1. The van der Waals surface area contributed by atoms with E-state index < -0.39 is 61.5 Å². The van der Waals surface area contributed by atoms with E-state index in [1.807, 2.05) is 0 Å². The van der Waals surface area contributed by atoms with Gasteiger partial charge in [0.25, 0.3) is 0 Å². The van der Waals surface area contributed by atoms with Gasteiger partial charge in [0.2, 0.25) is 5.91 Å². The molecule has 1 amide bonds. The summed E-state index contributed by atoms with van der Waals surface area (Å²) in [6.07, 6.45) is 57.0. The fourth-order valence-electron chi connectivity index (χ4n) is 10.3. The Labute approximate surface area is 450 Å². The van der Waals surface area contributed by atoms with Gasteiger partial charge < -0.3 is 45.4 Å². The first-order valence-corrected chi connectivity index (χ1v) is 31.6. The van der Waals surface area contributed by atoms with Crippen LogP contribution in [0.1, 0.15) is 309 Å². The van der Waals surface area contributed by atoms with Crippen LogP contribution in [0.25, 0.3) is 0 Å². The quantitative estimate of drug-likeness (QED) is 0.0232. The van der Waals surface area contributed by atoms with Gasteiger partial charge in [-0.2, -0.15) is 0 Å². The van der Waals surface area contributed by atoms with E-state index in [1.165, 1.54) is 225 Å². The Morgan fingerprint density at radius 3 is 1.18 bits per heavy atom. The fraction of sp³-hybridized carbons (Fsp3) is 0.921. The maximum absolute atomic E-state index is 13.2. The van der Waals surface area contributed by atoms with E-state index in [-0.39, 0.29) is 6.61 Å². The molecule has 7 N–H and O–H groups in total. The Morgan fingerprint density at radius 1 is 0.466 bits per heavy atom. The van der Waals surface area contributed by atoms with E-state index in [0.717, 1.165) is 57.8 Å². The second-order valence-corrected chi connectivity index (χ2v) is 22.4. The highest BCUT2D eigenvalue weighted by atomic mass is 16.7. The molecule has 0 aliphatic carbocycles. The fourth-order valence-corrected chi connectivity index (χ4v) is 10.3. The Bertz CT molecular complexity index is 1220. The van der Waals surface area contributed by atoms with Crippen molar-refractivity contribution in [3.63, 3.8) is 0 Å². The van der Waals surface area contributed by atoms with Gasteiger partial charge in [0.1, 0.15) is 30.5 Å². The molecule has 0 aromatic rings. The summed E-state index contributed by atoms with van der Waals surface area (Å²) in [6.45, 7) is 3.70. The second kappa shape index (κ2) is 52.7. The number of carbonyl (C=O) groups is 1. The smallest absolute Gasteiger partial charge is 0.249 e. The van der Waals surface area contributed by atoms with Crippen LogP contribution in [0.15, 0.2) is 24.3 Å². The highest BCUT2D eigenvalue weighted by Crippen LogP contribution is 2.24. The minimum absolute atomic E-state index is 0.252. The number of rotatable bonds is 55. The molecule has 8 unspecified atom stereocenters. The number of allylic oxidation sites excluding steroid dienone is 4. The van der Waals surface area contributed by atoms with Crippen LogP contribution in [0, 0.1) is 0 Å². The van der Waals surface area contributed by atoms with Crippen molar-refractivity contribution in [1.82, 2.24) is 5.32 Å². The second-order valence-electron chi connectivity index (χ2n) is 22.4. The molecular weight excluding hydrogens is 915 g/mol. The Balaban J connectivity index is 2.12. The molecule has 10 nitrogen and oxygen atoms in total. The summed E-state index contributed by atoms with van der Waals surface area (Å²) in [4.78, 5) is 13.2. The monoisotopic (exact) mass is 1040 g/mol. The topological polar surface area (TPSA) is 169 Å². The molecule has 8 atom stereocenters. The van der Waals surface area contributed by atoms with Crippen molar-refractivity contribution in [2.24, 2.45) is 0 Å². The average Bonchev–Trinajstić information content (AvgIpc) is 3.39. The highest BCUT2D eigenvalue weighted by molar-refractivity contribution is 5.80. The van der Waals surface area contributed by atoms with Crippen molar-refractivity contribution in [1.29, 1.82) is 0 Å². The lowest BCUT2D eigenvalue weighted by molar-refractivity contribution is -0.302. The van der Waals surface area contributed by atoms with Crippen LogP contribution in [0.2, 0.25) is 0 Å². The van der Waals surface area contributed by atoms with Gasteiger partial charge in [0.15, 0.2) is 6.29 Å². The number of ether oxygens (including phenoxy) is 2. The SMILES string of the molecule is CCCCCCCCCCCCC/C=C\C/C=C\CCCCCCCCCCCCCCCCCCC(O)C(=O)NC(COC1OC(CO)C(O)C(O)C1O)C(O)CCCCCCCCCCCCCCCC. The first-order chi connectivity index (χ1) is 35.8. The minimum atomic E-state index is -1.60. The normalized spacial score (nSPS) is 19.6. The van der Waals surface area contributed by atoms with Crippen LogP contribution in [0.3, 0.4) is 0 Å². The van der Waals surface area contributed by atoms with Gasteiger partial charge >= 0.3 is 0 Å². The van der Waals surface area contributed by atoms with Gasteiger partial charge in [0.05, 0.1) is 25.4 Å². The molecule has 0 aromatic carbocycles. The predicted octanol–water partition coefficient (Wildman–Crippen LogP) is 15.1. The number of amides is 1. The molecule has 73 heavy (non-hydrogen) atoms. The number of nitrogens with one attached hydrogen (secondary N) is 1. The summed E-state index contributed by atoms with van der Waals surface area (Å²) in [6, 6.07) is -0.893. The molecule has 0 saturated carbocycles. The average molecular weight is 1040 g/mol. The summed E-state index contributed by atoms with van der Waals surface area (Å²) < 4.78 is 11.2. The summed E-state index contributed by atoms with van der Waals surface area (Å²) in [5.74, 6) is -0.579. The first-order valence-electron chi connectivity index (χ1n) is 31.6. The number of aliphatic hydroxyl groups excluding tert-OH is 6. The Morgan fingerprint density at radius 2 is 0.808 bits per heavy atom. The Hall–Kier alpha value is -1.37. The third-order valence-corrected chi connectivity index (χ3v) is 15.4. The third kappa shape index (κ3) is 41.4. The van der Waals surface area contributed by atoms with Crippen LogP contribution in [-0.2, 0) is 14.3 Å². The van der Waals surface area contributed by atoms with Crippen molar-refractivity contribution in [3.05, 3.63) is 24.3 Å². The molecule has 10 heteroatoms. The van der Waals surface area contributed by atoms with Gasteiger partial charge in [-0.15, -0.1) is 0 Å². The number of hydrogen-bond acceptors (Lipinski definition) is 9. The van der Waals surface area contributed by atoms with Gasteiger partial charge in [-0.1, -0.05) is 289 Å². The van der Waals surface area contributed by atoms with Gasteiger partial charge in [-0.3, -0.25) is 4.79 Å². The van der Waals surface area contributed by atoms with Crippen LogP contribution in [-0.4, -0.2) is 98.7 Å². The maximum Gasteiger partial charge on any atom is 0.249 e. The Kier molecular flexibility index (Phi) is 50.3. The molecule has 1 aliphatic rings. The molecule has 0 aromatic heterocycles. The lowest BCUT2D eigenvalue weighted by atomic mass is 9.99.